The Morgan fingerprint density at radius 3 is 1.63 bits per heavy atom. The summed E-state index contributed by atoms with van der Waals surface area (Å²) in [6, 6.07) is 11.7. The van der Waals surface area contributed by atoms with Gasteiger partial charge < -0.3 is 27.9 Å². The van der Waals surface area contributed by atoms with Crippen molar-refractivity contribution in [3.05, 3.63) is 99.5 Å². The fourth-order valence-corrected chi connectivity index (χ4v) is 9.29. The van der Waals surface area contributed by atoms with Crippen molar-refractivity contribution in [1.29, 1.82) is 0 Å². The number of hydrogen-bond donors (Lipinski definition) is 0. The van der Waals surface area contributed by atoms with E-state index in [1.54, 1.807) is 31.0 Å². The summed E-state index contributed by atoms with van der Waals surface area (Å²) < 4.78 is 27.9. The van der Waals surface area contributed by atoms with Crippen LogP contribution in [0.2, 0.25) is 0 Å². The van der Waals surface area contributed by atoms with Crippen LogP contribution in [0.5, 0.6) is 0 Å². The second kappa shape index (κ2) is 18.1. The molecule has 0 atom stereocenters. The van der Waals surface area contributed by atoms with Crippen molar-refractivity contribution in [3.63, 3.8) is 0 Å². The first-order valence-corrected chi connectivity index (χ1v) is 21.8. The van der Waals surface area contributed by atoms with Gasteiger partial charge in [-0.3, -0.25) is 15.0 Å². The zero-order chi connectivity index (χ0) is 42.8. The number of esters is 2. The molecule has 3 fully saturated rings. The third-order valence-electron chi connectivity index (χ3n) is 12.7. The summed E-state index contributed by atoms with van der Waals surface area (Å²) in [5.41, 5.74) is 8.14. The van der Waals surface area contributed by atoms with Crippen molar-refractivity contribution in [2.75, 3.05) is 14.2 Å². The van der Waals surface area contributed by atoms with Crippen molar-refractivity contribution in [2.45, 2.75) is 102 Å². The number of halogens is 1. The quantitative estimate of drug-likeness (QED) is 0.0906. The number of fused-ring (bicyclic) bond motifs is 2. The molecule has 2 aromatic carbocycles. The first kappa shape index (κ1) is 43.4. The van der Waals surface area contributed by atoms with Crippen LogP contribution in [0.1, 0.15) is 123 Å². The summed E-state index contributed by atoms with van der Waals surface area (Å²) in [5, 5.41) is 2.38. The molecule has 9 rings (SSSR count). The number of benzene rings is 2. The molecule has 4 aromatic heterocycles. The SMILES string of the molecule is COC(=O)c1ccc2c(C3CCCC3)c(-c3cnccn3)n(C)c2c1.COC(=O)c1ccc2c(C3CCCC3)c(B3OC(C)(C)C(C)(C)O3)n(C)c2c1.Ic1cnccn1. The number of aromatic nitrogens is 6. The molecule has 60 heavy (non-hydrogen) atoms. The van der Waals surface area contributed by atoms with Crippen LogP contribution < -0.4 is 5.59 Å². The number of methoxy groups -OCH3 is 2. The minimum absolute atomic E-state index is 0.313. The van der Waals surface area contributed by atoms with Gasteiger partial charge in [0.1, 0.15) is 9.39 Å². The second-order valence-corrected chi connectivity index (χ2v) is 17.9. The average Bonchev–Trinajstić information content (AvgIpc) is 4.10. The summed E-state index contributed by atoms with van der Waals surface area (Å²) in [7, 11) is 6.48. The van der Waals surface area contributed by atoms with Crippen LogP contribution in [0.3, 0.4) is 0 Å². The molecule has 1 saturated heterocycles. The Hall–Kier alpha value is -4.67. The molecule has 0 unspecified atom stereocenters. The van der Waals surface area contributed by atoms with Gasteiger partial charge in [0, 0.05) is 60.7 Å². The summed E-state index contributed by atoms with van der Waals surface area (Å²) in [6.07, 6.45) is 20.1. The van der Waals surface area contributed by atoms with Gasteiger partial charge >= 0.3 is 19.1 Å². The highest BCUT2D eigenvalue weighted by molar-refractivity contribution is 14.1. The van der Waals surface area contributed by atoms with Crippen molar-refractivity contribution in [1.82, 2.24) is 29.1 Å². The Morgan fingerprint density at radius 2 is 1.18 bits per heavy atom. The van der Waals surface area contributed by atoms with E-state index >= 15 is 0 Å². The van der Waals surface area contributed by atoms with E-state index in [1.165, 1.54) is 87.5 Å². The lowest BCUT2D eigenvalue weighted by Crippen LogP contribution is -2.41. The standard InChI is InChI=1S/C22H30BNO4.C20H21N3O2.C4H3IN2/c1-21(2)22(3,4)28-23(27-21)19-18(14-9-7-8-10-14)16-12-11-15(20(25)26-6)13-17(16)24(19)5;1-23-17-11-14(20(24)25-2)7-8-15(17)18(13-5-3-4-6-13)19(23)16-12-21-9-10-22-16;5-4-3-6-1-2-7-4/h11-14H,7-10H2,1-6H3;7-13H,3-6H2,1-2H3;1-3H. The zero-order valence-corrected chi connectivity index (χ0v) is 38.0. The van der Waals surface area contributed by atoms with E-state index in [1.807, 2.05) is 44.6 Å². The Kier molecular flexibility index (Phi) is 13.1. The Bertz CT molecular complexity index is 2460. The molecule has 0 bridgehead atoms. The minimum Gasteiger partial charge on any atom is -0.465 e. The molecule has 0 N–H and O–H groups in total. The number of nitrogens with zero attached hydrogens (tertiary/aromatic N) is 6. The van der Waals surface area contributed by atoms with Crippen LogP contribution >= 0.6 is 22.6 Å². The minimum atomic E-state index is -0.417. The molecule has 1 aliphatic heterocycles. The number of carbonyl (C=O) groups is 2. The van der Waals surface area contributed by atoms with E-state index in [-0.39, 0.29) is 11.9 Å². The summed E-state index contributed by atoms with van der Waals surface area (Å²) >= 11 is 2.11. The number of aryl methyl sites for hydroxylation is 2. The van der Waals surface area contributed by atoms with Crippen LogP contribution in [-0.4, -0.2) is 73.5 Å². The van der Waals surface area contributed by atoms with Gasteiger partial charge in [-0.1, -0.05) is 37.8 Å². The van der Waals surface area contributed by atoms with Crippen molar-refractivity contribution in [2.24, 2.45) is 14.1 Å². The van der Waals surface area contributed by atoms with Gasteiger partial charge in [0.15, 0.2) is 0 Å². The third kappa shape index (κ3) is 8.60. The summed E-state index contributed by atoms with van der Waals surface area (Å²) in [4.78, 5) is 40.5. The fraction of sp³-hybridized carbons (Fsp3) is 0.435. The molecule has 12 nitrogen and oxygen atoms in total. The topological polar surface area (TPSA) is 132 Å². The molecule has 14 heteroatoms. The van der Waals surface area contributed by atoms with Crippen LogP contribution in [-0.2, 0) is 32.9 Å². The second-order valence-electron chi connectivity index (χ2n) is 16.8. The molecular formula is C46H54BIN6O6. The highest BCUT2D eigenvalue weighted by atomic mass is 127. The van der Waals surface area contributed by atoms with Gasteiger partial charge in [0.05, 0.1) is 60.2 Å². The summed E-state index contributed by atoms with van der Waals surface area (Å²) in [5.74, 6) is 0.403. The first-order valence-electron chi connectivity index (χ1n) is 20.7. The fourth-order valence-electron chi connectivity index (χ4n) is 8.96. The highest BCUT2D eigenvalue weighted by Crippen LogP contribution is 2.45. The van der Waals surface area contributed by atoms with Gasteiger partial charge in [-0.05, 0) is 123 Å². The maximum Gasteiger partial charge on any atom is 0.512 e. The smallest absolute Gasteiger partial charge is 0.465 e. The lowest BCUT2D eigenvalue weighted by Gasteiger charge is -2.32. The summed E-state index contributed by atoms with van der Waals surface area (Å²) in [6.45, 7) is 8.33. The highest BCUT2D eigenvalue weighted by Gasteiger charge is 2.53. The zero-order valence-electron chi connectivity index (χ0n) is 35.8. The van der Waals surface area contributed by atoms with E-state index in [2.05, 4.69) is 91.5 Å². The molecule has 6 aromatic rings. The van der Waals surface area contributed by atoms with Gasteiger partial charge in [0.25, 0.3) is 0 Å². The largest absolute Gasteiger partial charge is 0.512 e. The molecule has 5 heterocycles. The van der Waals surface area contributed by atoms with Crippen molar-refractivity contribution >= 4 is 69.0 Å². The number of ether oxygens (including phenoxy) is 2. The van der Waals surface area contributed by atoms with Gasteiger partial charge in [0.2, 0.25) is 0 Å². The molecule has 0 radical (unpaired) electrons. The van der Waals surface area contributed by atoms with Crippen LogP contribution in [0.15, 0.2) is 73.6 Å². The number of carbonyl (C=O) groups excluding carboxylic acids is 2. The molecule has 2 saturated carbocycles. The monoisotopic (exact) mass is 924 g/mol. The number of rotatable bonds is 6. The van der Waals surface area contributed by atoms with Crippen molar-refractivity contribution < 1.29 is 28.4 Å². The van der Waals surface area contributed by atoms with E-state index in [0.717, 1.165) is 31.7 Å². The van der Waals surface area contributed by atoms with Gasteiger partial charge in [-0.2, -0.15) is 0 Å². The molecular weight excluding hydrogens is 870 g/mol. The normalized spacial score (nSPS) is 17.3. The average molecular weight is 925 g/mol. The molecule has 0 spiro atoms. The molecule has 0 amide bonds. The van der Waals surface area contributed by atoms with Crippen LogP contribution in [0.25, 0.3) is 33.2 Å². The molecule has 314 valence electrons. The Morgan fingerprint density at radius 1 is 0.700 bits per heavy atom. The Labute approximate surface area is 366 Å². The van der Waals surface area contributed by atoms with E-state index in [4.69, 9.17) is 18.8 Å². The Balaban J connectivity index is 0.000000157. The molecule has 3 aliphatic rings. The number of hydrogen-bond acceptors (Lipinski definition) is 10. The van der Waals surface area contributed by atoms with E-state index in [0.29, 0.717) is 23.0 Å². The lowest BCUT2D eigenvalue weighted by molar-refractivity contribution is 0.00578. The maximum atomic E-state index is 12.1. The van der Waals surface area contributed by atoms with Crippen molar-refractivity contribution in [3.8, 4) is 11.4 Å². The van der Waals surface area contributed by atoms with Crippen LogP contribution in [0, 0.1) is 3.70 Å². The van der Waals surface area contributed by atoms with Crippen LogP contribution in [0.4, 0.5) is 0 Å². The predicted octanol–water partition coefficient (Wildman–Crippen LogP) is 9.08. The lowest BCUT2D eigenvalue weighted by atomic mass is 9.77. The van der Waals surface area contributed by atoms with E-state index in [9.17, 15) is 9.59 Å². The first-order chi connectivity index (χ1) is 28.8. The molecule has 2 aliphatic carbocycles. The van der Waals surface area contributed by atoms with E-state index < -0.39 is 18.3 Å². The van der Waals surface area contributed by atoms with Gasteiger partial charge in [-0.25, -0.2) is 14.6 Å². The maximum absolute atomic E-state index is 12.1. The third-order valence-corrected chi connectivity index (χ3v) is 13.3. The van der Waals surface area contributed by atoms with Gasteiger partial charge in [-0.15, -0.1) is 0 Å². The predicted molar refractivity (Wildman–Crippen MR) is 242 cm³/mol.